The van der Waals surface area contributed by atoms with Gasteiger partial charge in [0.05, 0.1) is 5.69 Å². The number of fused-ring (bicyclic) bond motifs is 1. The summed E-state index contributed by atoms with van der Waals surface area (Å²) in [5.41, 5.74) is 7.46. The molecule has 0 spiro atoms. The molecule has 3 N–H and O–H groups in total. The summed E-state index contributed by atoms with van der Waals surface area (Å²) in [5, 5.41) is 5.53. The van der Waals surface area contributed by atoms with Crippen molar-refractivity contribution in [3.05, 3.63) is 65.3 Å². The Hall–Kier alpha value is -2.43. The number of nitrogens with zero attached hydrogens (tertiary/aromatic N) is 1. The Bertz CT molecular complexity index is 926. The Kier molecular flexibility index (Phi) is 6.80. The molecule has 3 aromatic rings. The van der Waals surface area contributed by atoms with E-state index in [2.05, 4.69) is 10.3 Å². The quantitative estimate of drug-likeness (QED) is 0.550. The van der Waals surface area contributed by atoms with Crippen molar-refractivity contribution < 1.29 is 4.79 Å². The molecule has 2 aromatic carbocycles. The van der Waals surface area contributed by atoms with Gasteiger partial charge in [0.25, 0.3) is 5.91 Å². The summed E-state index contributed by atoms with van der Waals surface area (Å²) in [6.45, 7) is 1.36. The van der Waals surface area contributed by atoms with E-state index in [1.165, 1.54) is 0 Å². The standard InChI is InChI=1S/C22H24ClN3O/c23-19-12-6-5-11-18(19)21-17-10-4-3-9-16(17)15-20(26-21)22(27)25-14-8-2-1-7-13-24/h3-6,9-12,15H,1-2,7-8,13-14,24H2,(H,25,27). The summed E-state index contributed by atoms with van der Waals surface area (Å²) in [5.74, 6) is -0.159. The highest BCUT2D eigenvalue weighted by Crippen LogP contribution is 2.32. The van der Waals surface area contributed by atoms with Crippen LogP contribution in [0.3, 0.4) is 0 Å². The maximum Gasteiger partial charge on any atom is 0.269 e. The van der Waals surface area contributed by atoms with Gasteiger partial charge in [-0.25, -0.2) is 4.98 Å². The Morgan fingerprint density at radius 1 is 1.00 bits per heavy atom. The smallest absolute Gasteiger partial charge is 0.269 e. The van der Waals surface area contributed by atoms with Crippen LogP contribution in [-0.2, 0) is 0 Å². The van der Waals surface area contributed by atoms with Gasteiger partial charge in [-0.15, -0.1) is 0 Å². The number of unbranched alkanes of at least 4 members (excludes halogenated alkanes) is 3. The van der Waals surface area contributed by atoms with E-state index in [-0.39, 0.29) is 5.91 Å². The topological polar surface area (TPSA) is 68.0 Å². The summed E-state index contributed by atoms with van der Waals surface area (Å²) < 4.78 is 0. The van der Waals surface area contributed by atoms with Crippen LogP contribution < -0.4 is 11.1 Å². The van der Waals surface area contributed by atoms with Crippen LogP contribution in [0.4, 0.5) is 0 Å². The van der Waals surface area contributed by atoms with Crippen LogP contribution in [0, 0.1) is 0 Å². The zero-order chi connectivity index (χ0) is 19.1. The van der Waals surface area contributed by atoms with Gasteiger partial charge in [0.2, 0.25) is 0 Å². The summed E-state index contributed by atoms with van der Waals surface area (Å²) in [7, 11) is 0. The predicted octanol–water partition coefficient (Wildman–Crippen LogP) is 4.80. The third kappa shape index (κ3) is 4.85. The number of carbonyl (C=O) groups is 1. The number of hydrogen-bond acceptors (Lipinski definition) is 3. The second kappa shape index (κ2) is 9.49. The van der Waals surface area contributed by atoms with Crippen molar-refractivity contribution in [3.63, 3.8) is 0 Å². The van der Waals surface area contributed by atoms with E-state index in [0.29, 0.717) is 17.3 Å². The minimum absolute atomic E-state index is 0.159. The first-order chi connectivity index (χ1) is 13.2. The van der Waals surface area contributed by atoms with Crippen LogP contribution in [0.5, 0.6) is 0 Å². The fourth-order valence-corrected chi connectivity index (χ4v) is 3.31. The first-order valence-corrected chi connectivity index (χ1v) is 9.71. The molecule has 0 aliphatic rings. The molecule has 0 saturated heterocycles. The molecule has 0 aliphatic heterocycles. The number of amides is 1. The first-order valence-electron chi connectivity index (χ1n) is 9.33. The van der Waals surface area contributed by atoms with Gasteiger partial charge in [-0.3, -0.25) is 4.79 Å². The molecular formula is C22H24ClN3O. The van der Waals surface area contributed by atoms with Crippen LogP contribution in [0.25, 0.3) is 22.0 Å². The lowest BCUT2D eigenvalue weighted by atomic mass is 10.0. The van der Waals surface area contributed by atoms with E-state index in [1.54, 1.807) is 0 Å². The molecule has 1 amide bonds. The number of rotatable bonds is 8. The molecule has 0 saturated carbocycles. The second-order valence-electron chi connectivity index (χ2n) is 6.52. The average Bonchev–Trinajstić information content (AvgIpc) is 2.70. The number of nitrogens with two attached hydrogens (primary N) is 1. The van der Waals surface area contributed by atoms with Gasteiger partial charge in [-0.05, 0) is 36.9 Å². The molecule has 3 rings (SSSR count). The molecule has 0 atom stereocenters. The number of carbonyl (C=O) groups excluding carboxylic acids is 1. The van der Waals surface area contributed by atoms with Gasteiger partial charge in [0.15, 0.2) is 0 Å². The molecule has 4 nitrogen and oxygen atoms in total. The van der Waals surface area contributed by atoms with Crippen molar-refractivity contribution in [2.24, 2.45) is 5.73 Å². The molecule has 0 bridgehead atoms. The molecule has 0 aliphatic carbocycles. The highest BCUT2D eigenvalue weighted by molar-refractivity contribution is 6.33. The van der Waals surface area contributed by atoms with Gasteiger partial charge in [-0.2, -0.15) is 0 Å². The summed E-state index contributed by atoms with van der Waals surface area (Å²) in [4.78, 5) is 17.3. The zero-order valence-corrected chi connectivity index (χ0v) is 16.0. The van der Waals surface area contributed by atoms with Crippen LogP contribution in [0.1, 0.15) is 36.2 Å². The summed E-state index contributed by atoms with van der Waals surface area (Å²) in [6, 6.07) is 17.3. The van der Waals surface area contributed by atoms with Gasteiger partial charge in [0, 0.05) is 22.5 Å². The maximum atomic E-state index is 12.6. The average molecular weight is 382 g/mol. The minimum Gasteiger partial charge on any atom is -0.351 e. The molecule has 140 valence electrons. The van der Waals surface area contributed by atoms with Gasteiger partial charge < -0.3 is 11.1 Å². The molecule has 27 heavy (non-hydrogen) atoms. The number of benzene rings is 2. The third-order valence-electron chi connectivity index (χ3n) is 4.52. The second-order valence-corrected chi connectivity index (χ2v) is 6.92. The van der Waals surface area contributed by atoms with Crippen LogP contribution in [0.15, 0.2) is 54.6 Å². The largest absolute Gasteiger partial charge is 0.351 e. The van der Waals surface area contributed by atoms with Crippen molar-refractivity contribution in [1.82, 2.24) is 10.3 Å². The van der Waals surface area contributed by atoms with E-state index in [4.69, 9.17) is 17.3 Å². The Morgan fingerprint density at radius 3 is 2.56 bits per heavy atom. The Labute approximate surface area is 164 Å². The fraction of sp³-hybridized carbons (Fsp3) is 0.273. The molecule has 0 unspecified atom stereocenters. The predicted molar refractivity (Wildman–Crippen MR) is 112 cm³/mol. The number of halogens is 1. The number of aromatic nitrogens is 1. The molecule has 1 aromatic heterocycles. The fourth-order valence-electron chi connectivity index (χ4n) is 3.09. The molecule has 0 fully saturated rings. The third-order valence-corrected chi connectivity index (χ3v) is 4.85. The monoisotopic (exact) mass is 381 g/mol. The van der Waals surface area contributed by atoms with Gasteiger partial charge in [0.1, 0.15) is 5.69 Å². The van der Waals surface area contributed by atoms with Gasteiger partial charge in [-0.1, -0.05) is 66.9 Å². The highest BCUT2D eigenvalue weighted by Gasteiger charge is 2.14. The van der Waals surface area contributed by atoms with E-state index in [1.807, 2.05) is 54.6 Å². The normalized spacial score (nSPS) is 10.9. The maximum absolute atomic E-state index is 12.6. The summed E-state index contributed by atoms with van der Waals surface area (Å²) >= 11 is 6.39. The van der Waals surface area contributed by atoms with Crippen molar-refractivity contribution in [2.75, 3.05) is 13.1 Å². The number of hydrogen-bond donors (Lipinski definition) is 2. The van der Waals surface area contributed by atoms with E-state index in [9.17, 15) is 4.79 Å². The van der Waals surface area contributed by atoms with Crippen molar-refractivity contribution >= 4 is 28.3 Å². The SMILES string of the molecule is NCCCCCCNC(=O)c1cc2ccccc2c(-c2ccccc2Cl)n1. The Balaban J connectivity index is 1.84. The number of nitrogens with one attached hydrogen (secondary N) is 1. The first kappa shape index (κ1) is 19.3. The van der Waals surface area contributed by atoms with Crippen LogP contribution in [0.2, 0.25) is 5.02 Å². The van der Waals surface area contributed by atoms with E-state index >= 15 is 0 Å². The lowest BCUT2D eigenvalue weighted by Crippen LogP contribution is -2.25. The van der Waals surface area contributed by atoms with Gasteiger partial charge >= 0.3 is 0 Å². The van der Waals surface area contributed by atoms with E-state index < -0.39 is 0 Å². The lowest BCUT2D eigenvalue weighted by molar-refractivity contribution is 0.0948. The minimum atomic E-state index is -0.159. The van der Waals surface area contributed by atoms with Crippen LogP contribution >= 0.6 is 11.6 Å². The van der Waals surface area contributed by atoms with Crippen molar-refractivity contribution in [2.45, 2.75) is 25.7 Å². The molecule has 1 heterocycles. The zero-order valence-electron chi connectivity index (χ0n) is 15.2. The molecule has 0 radical (unpaired) electrons. The summed E-state index contributed by atoms with van der Waals surface area (Å²) in [6.07, 6.45) is 4.13. The Morgan fingerprint density at radius 2 is 1.74 bits per heavy atom. The lowest BCUT2D eigenvalue weighted by Gasteiger charge is -2.11. The van der Waals surface area contributed by atoms with Crippen LogP contribution in [-0.4, -0.2) is 24.0 Å². The van der Waals surface area contributed by atoms with Crippen molar-refractivity contribution in [1.29, 1.82) is 0 Å². The number of pyridine rings is 1. The molecule has 5 heteroatoms. The van der Waals surface area contributed by atoms with E-state index in [0.717, 1.165) is 54.3 Å². The molecular weight excluding hydrogens is 358 g/mol. The van der Waals surface area contributed by atoms with Crippen molar-refractivity contribution in [3.8, 4) is 11.3 Å². The highest BCUT2D eigenvalue weighted by atomic mass is 35.5.